The molecule has 2 atom stereocenters. The largest absolute Gasteiger partial charge is 0.374 e. The lowest BCUT2D eigenvalue weighted by atomic mass is 10.00. The molecule has 1 aliphatic rings. The average Bonchev–Trinajstić information content (AvgIpc) is 2.85. The molecule has 0 amide bonds. The Labute approximate surface area is 107 Å². The quantitative estimate of drug-likeness (QED) is 0.766. The molecule has 2 aromatic rings. The molecule has 3 N–H and O–H groups in total. The number of ether oxygens (including phenoxy) is 1. The van der Waals surface area contributed by atoms with E-state index < -0.39 is 0 Å². The fourth-order valence-electron chi connectivity index (χ4n) is 2.69. The van der Waals surface area contributed by atoms with Crippen LogP contribution in [0.5, 0.6) is 0 Å². The van der Waals surface area contributed by atoms with Gasteiger partial charge in [0.05, 0.1) is 18.8 Å². The lowest BCUT2D eigenvalue weighted by Crippen LogP contribution is -2.45. The normalized spacial score (nSPS) is 22.2. The van der Waals surface area contributed by atoms with Crippen LogP contribution in [0.2, 0.25) is 0 Å². The van der Waals surface area contributed by atoms with E-state index in [1.54, 1.807) is 0 Å². The molecule has 4 heteroatoms. The summed E-state index contributed by atoms with van der Waals surface area (Å²) in [5.41, 5.74) is 2.46. The summed E-state index contributed by atoms with van der Waals surface area (Å²) in [5, 5.41) is 8.04. The van der Waals surface area contributed by atoms with Gasteiger partial charge in [-0.1, -0.05) is 18.2 Å². The Hall–Kier alpha value is -1.36. The van der Waals surface area contributed by atoms with Gasteiger partial charge < -0.3 is 20.4 Å². The van der Waals surface area contributed by atoms with Crippen molar-refractivity contribution >= 4 is 10.9 Å². The first-order valence-corrected chi connectivity index (χ1v) is 6.46. The summed E-state index contributed by atoms with van der Waals surface area (Å²) in [6.07, 6.45) is 2.27. The highest BCUT2D eigenvalue weighted by molar-refractivity contribution is 5.83. The van der Waals surface area contributed by atoms with Crippen LogP contribution in [0.25, 0.3) is 10.9 Å². The molecule has 2 heterocycles. The predicted molar refractivity (Wildman–Crippen MR) is 72.7 cm³/mol. The second-order valence-electron chi connectivity index (χ2n) is 4.67. The maximum Gasteiger partial charge on any atom is 0.0895 e. The monoisotopic (exact) mass is 245 g/mol. The van der Waals surface area contributed by atoms with Crippen LogP contribution in [0, 0.1) is 0 Å². The third-order valence-electron chi connectivity index (χ3n) is 3.60. The summed E-state index contributed by atoms with van der Waals surface area (Å²) < 4.78 is 5.86. The van der Waals surface area contributed by atoms with Crippen molar-refractivity contribution in [3.05, 3.63) is 36.0 Å². The number of para-hydroxylation sites is 1. The van der Waals surface area contributed by atoms with Crippen molar-refractivity contribution in [2.24, 2.45) is 0 Å². The van der Waals surface area contributed by atoms with E-state index in [0.29, 0.717) is 0 Å². The van der Waals surface area contributed by atoms with Gasteiger partial charge in [-0.25, -0.2) is 0 Å². The minimum atomic E-state index is 0.183. The number of likely N-dealkylation sites (N-methyl/N-ethyl adjacent to an activating group) is 1. The van der Waals surface area contributed by atoms with Gasteiger partial charge in [0.1, 0.15) is 0 Å². The van der Waals surface area contributed by atoms with Crippen molar-refractivity contribution in [1.82, 2.24) is 15.6 Å². The van der Waals surface area contributed by atoms with E-state index >= 15 is 0 Å². The van der Waals surface area contributed by atoms with Crippen molar-refractivity contribution in [2.45, 2.75) is 12.1 Å². The van der Waals surface area contributed by atoms with Crippen LogP contribution in [-0.2, 0) is 4.74 Å². The summed E-state index contributed by atoms with van der Waals surface area (Å²) >= 11 is 0. The molecular formula is C14H19N3O. The number of fused-ring (bicyclic) bond motifs is 1. The van der Waals surface area contributed by atoms with E-state index in [1.807, 2.05) is 7.05 Å². The second kappa shape index (κ2) is 5.10. The molecule has 1 aromatic carbocycles. The zero-order valence-corrected chi connectivity index (χ0v) is 10.6. The van der Waals surface area contributed by atoms with Gasteiger partial charge in [-0.2, -0.15) is 0 Å². The van der Waals surface area contributed by atoms with Gasteiger partial charge in [-0.05, 0) is 18.7 Å². The molecule has 2 unspecified atom stereocenters. The number of aromatic amines is 1. The summed E-state index contributed by atoms with van der Waals surface area (Å²) in [5.74, 6) is 0. The van der Waals surface area contributed by atoms with Crippen molar-refractivity contribution < 1.29 is 4.74 Å². The summed E-state index contributed by atoms with van der Waals surface area (Å²) in [6.45, 7) is 2.62. The number of benzene rings is 1. The summed E-state index contributed by atoms with van der Waals surface area (Å²) in [7, 11) is 1.99. The number of rotatable bonds is 3. The van der Waals surface area contributed by atoms with Crippen LogP contribution in [0.4, 0.5) is 0 Å². The Bertz CT molecular complexity index is 516. The fourth-order valence-corrected chi connectivity index (χ4v) is 2.69. The standard InChI is InChI=1S/C14H19N3O/c1-15-14(13-9-16-6-7-18-13)11-8-17-12-5-3-2-4-10(11)12/h2-5,8,13-17H,6-7,9H2,1H3. The number of nitrogens with one attached hydrogen (secondary N) is 3. The first kappa shape index (κ1) is 11.7. The maximum atomic E-state index is 5.86. The molecule has 0 aliphatic carbocycles. The molecule has 0 bridgehead atoms. The molecule has 0 spiro atoms. The number of morpholine rings is 1. The van der Waals surface area contributed by atoms with E-state index in [-0.39, 0.29) is 12.1 Å². The highest BCUT2D eigenvalue weighted by Crippen LogP contribution is 2.27. The van der Waals surface area contributed by atoms with Gasteiger partial charge in [0, 0.05) is 30.2 Å². The van der Waals surface area contributed by atoms with E-state index in [1.165, 1.54) is 16.5 Å². The lowest BCUT2D eigenvalue weighted by molar-refractivity contribution is 0.00568. The summed E-state index contributed by atoms with van der Waals surface area (Å²) in [4.78, 5) is 3.33. The molecule has 18 heavy (non-hydrogen) atoms. The minimum Gasteiger partial charge on any atom is -0.374 e. The van der Waals surface area contributed by atoms with E-state index in [0.717, 1.165) is 19.7 Å². The van der Waals surface area contributed by atoms with Crippen molar-refractivity contribution in [3.63, 3.8) is 0 Å². The SMILES string of the molecule is CNC(c1c[nH]c2ccccc12)C1CNCCO1. The van der Waals surface area contributed by atoms with Gasteiger partial charge in [0.15, 0.2) is 0 Å². The Morgan fingerprint density at radius 2 is 2.28 bits per heavy atom. The zero-order chi connectivity index (χ0) is 12.4. The van der Waals surface area contributed by atoms with Gasteiger partial charge in [0.2, 0.25) is 0 Å². The van der Waals surface area contributed by atoms with Crippen molar-refractivity contribution in [3.8, 4) is 0 Å². The van der Waals surface area contributed by atoms with Crippen LogP contribution >= 0.6 is 0 Å². The first-order chi connectivity index (χ1) is 8.90. The molecule has 1 saturated heterocycles. The van der Waals surface area contributed by atoms with E-state index in [2.05, 4.69) is 46.1 Å². The minimum absolute atomic E-state index is 0.183. The summed E-state index contributed by atoms with van der Waals surface area (Å²) in [6, 6.07) is 8.60. The maximum absolute atomic E-state index is 5.86. The van der Waals surface area contributed by atoms with Gasteiger partial charge >= 0.3 is 0 Å². The van der Waals surface area contributed by atoms with Crippen LogP contribution in [0.1, 0.15) is 11.6 Å². The smallest absolute Gasteiger partial charge is 0.0895 e. The molecule has 0 radical (unpaired) electrons. The Morgan fingerprint density at radius 1 is 1.39 bits per heavy atom. The number of aromatic nitrogens is 1. The van der Waals surface area contributed by atoms with Gasteiger partial charge in [0.25, 0.3) is 0 Å². The highest BCUT2D eigenvalue weighted by Gasteiger charge is 2.26. The molecule has 1 aromatic heterocycles. The fraction of sp³-hybridized carbons (Fsp3) is 0.429. The Kier molecular flexibility index (Phi) is 3.32. The number of hydrogen-bond acceptors (Lipinski definition) is 3. The number of hydrogen-bond donors (Lipinski definition) is 3. The molecule has 3 rings (SSSR count). The molecule has 1 fully saturated rings. The average molecular weight is 245 g/mol. The predicted octanol–water partition coefficient (Wildman–Crippen LogP) is 1.42. The van der Waals surface area contributed by atoms with Gasteiger partial charge in [-0.3, -0.25) is 0 Å². The molecular weight excluding hydrogens is 226 g/mol. The van der Waals surface area contributed by atoms with Crippen molar-refractivity contribution in [1.29, 1.82) is 0 Å². The van der Waals surface area contributed by atoms with Gasteiger partial charge in [-0.15, -0.1) is 0 Å². The highest BCUT2D eigenvalue weighted by atomic mass is 16.5. The molecule has 96 valence electrons. The van der Waals surface area contributed by atoms with Crippen LogP contribution < -0.4 is 10.6 Å². The van der Waals surface area contributed by atoms with E-state index in [9.17, 15) is 0 Å². The third-order valence-corrected chi connectivity index (χ3v) is 3.60. The zero-order valence-electron chi connectivity index (χ0n) is 10.6. The Morgan fingerprint density at radius 3 is 3.06 bits per heavy atom. The molecule has 0 saturated carbocycles. The second-order valence-corrected chi connectivity index (χ2v) is 4.67. The van der Waals surface area contributed by atoms with Crippen LogP contribution in [-0.4, -0.2) is 37.8 Å². The topological polar surface area (TPSA) is 49.1 Å². The lowest BCUT2D eigenvalue weighted by Gasteiger charge is -2.30. The first-order valence-electron chi connectivity index (χ1n) is 6.46. The van der Waals surface area contributed by atoms with Crippen LogP contribution in [0.3, 0.4) is 0 Å². The van der Waals surface area contributed by atoms with Crippen molar-refractivity contribution in [2.75, 3.05) is 26.7 Å². The Balaban J connectivity index is 1.95. The van der Waals surface area contributed by atoms with Crippen LogP contribution in [0.15, 0.2) is 30.5 Å². The number of H-pyrrole nitrogens is 1. The third kappa shape index (κ3) is 2.03. The molecule has 4 nitrogen and oxygen atoms in total. The van der Waals surface area contributed by atoms with E-state index in [4.69, 9.17) is 4.74 Å². The molecule has 1 aliphatic heterocycles.